The van der Waals surface area contributed by atoms with Crippen molar-refractivity contribution in [2.45, 2.75) is 43.0 Å². The molecule has 2 rings (SSSR count). The van der Waals surface area contributed by atoms with Gasteiger partial charge in [0.05, 0.1) is 0 Å². The summed E-state index contributed by atoms with van der Waals surface area (Å²) in [6.07, 6.45) is 0. The number of hydrogen-bond donors (Lipinski definition) is 0. The molecule has 0 saturated carbocycles. The largest absolute Gasteiger partial charge is 0.226 e. The molecule has 0 aliphatic carbocycles. The number of halogens is 1. The minimum absolute atomic E-state index is 0.0508. The third-order valence-electron chi connectivity index (χ3n) is 2.65. The van der Waals surface area contributed by atoms with Crippen LogP contribution in [0.4, 0.5) is 0 Å². The number of hydrogen-bond acceptors (Lipinski definition) is 3. The van der Waals surface area contributed by atoms with Crippen molar-refractivity contribution in [1.82, 2.24) is 9.97 Å². The van der Waals surface area contributed by atoms with Gasteiger partial charge in [-0.05, 0) is 34.5 Å². The van der Waals surface area contributed by atoms with Crippen LogP contribution in [-0.4, -0.2) is 9.97 Å². The number of rotatable bonds is 2. The third kappa shape index (κ3) is 3.80. The average Bonchev–Trinajstić information content (AvgIpc) is 2.30. The van der Waals surface area contributed by atoms with E-state index in [1.54, 1.807) is 11.8 Å². The zero-order valence-corrected chi connectivity index (χ0v) is 14.0. The summed E-state index contributed by atoms with van der Waals surface area (Å²) in [5, 5.41) is 0.973. The van der Waals surface area contributed by atoms with E-state index in [-0.39, 0.29) is 5.41 Å². The highest BCUT2D eigenvalue weighted by molar-refractivity contribution is 9.10. The molecule has 2 aromatic rings. The predicted molar refractivity (Wildman–Crippen MR) is 83.7 cm³/mol. The zero-order valence-electron chi connectivity index (χ0n) is 11.6. The SMILES string of the molecule is Cc1ccccc1Sc1cc(Br)nc(C(C)(C)C)n1. The van der Waals surface area contributed by atoms with Gasteiger partial charge in [-0.15, -0.1) is 0 Å². The Balaban J connectivity index is 2.36. The maximum Gasteiger partial charge on any atom is 0.136 e. The number of aryl methyl sites for hydroxylation is 1. The number of aromatic nitrogens is 2. The van der Waals surface area contributed by atoms with E-state index in [0.29, 0.717) is 0 Å². The quantitative estimate of drug-likeness (QED) is 0.722. The monoisotopic (exact) mass is 336 g/mol. The fourth-order valence-corrected chi connectivity index (χ4v) is 3.01. The lowest BCUT2D eigenvalue weighted by molar-refractivity contribution is 0.536. The standard InChI is InChI=1S/C15H17BrN2S/c1-10-7-5-6-8-11(10)19-13-9-12(16)17-14(18-13)15(2,3)4/h5-9H,1-4H3. The first-order chi connectivity index (χ1) is 8.86. The Morgan fingerprint density at radius 3 is 2.42 bits per heavy atom. The second-order valence-corrected chi connectivity index (χ2v) is 7.34. The maximum absolute atomic E-state index is 4.66. The number of nitrogens with zero attached hydrogens (tertiary/aromatic N) is 2. The first-order valence-corrected chi connectivity index (χ1v) is 7.76. The van der Waals surface area contributed by atoms with Gasteiger partial charge in [0.1, 0.15) is 15.5 Å². The molecular formula is C15H17BrN2S. The lowest BCUT2D eigenvalue weighted by Crippen LogP contribution is -2.16. The van der Waals surface area contributed by atoms with Crippen LogP contribution in [0, 0.1) is 6.92 Å². The smallest absolute Gasteiger partial charge is 0.136 e. The van der Waals surface area contributed by atoms with Crippen molar-refractivity contribution in [3.63, 3.8) is 0 Å². The van der Waals surface area contributed by atoms with Crippen LogP contribution in [0.15, 0.2) is 44.9 Å². The number of benzene rings is 1. The van der Waals surface area contributed by atoms with E-state index >= 15 is 0 Å². The van der Waals surface area contributed by atoms with Crippen LogP contribution in [0.25, 0.3) is 0 Å². The van der Waals surface area contributed by atoms with Gasteiger partial charge in [0.2, 0.25) is 0 Å². The van der Waals surface area contributed by atoms with Crippen molar-refractivity contribution in [2.24, 2.45) is 0 Å². The van der Waals surface area contributed by atoms with Gasteiger partial charge in [-0.2, -0.15) is 0 Å². The summed E-state index contributed by atoms with van der Waals surface area (Å²) >= 11 is 5.15. The van der Waals surface area contributed by atoms with E-state index in [4.69, 9.17) is 0 Å². The third-order valence-corrected chi connectivity index (χ3v) is 4.15. The molecule has 0 radical (unpaired) electrons. The van der Waals surface area contributed by atoms with E-state index < -0.39 is 0 Å². The van der Waals surface area contributed by atoms with Crippen molar-refractivity contribution >= 4 is 27.7 Å². The Morgan fingerprint density at radius 2 is 1.79 bits per heavy atom. The zero-order chi connectivity index (χ0) is 14.0. The normalized spacial score (nSPS) is 11.6. The summed E-state index contributed by atoms with van der Waals surface area (Å²) in [5.74, 6) is 0.859. The Labute approximate surface area is 127 Å². The molecule has 0 aliphatic heterocycles. The molecule has 0 unspecified atom stereocenters. The molecule has 100 valence electrons. The van der Waals surface area contributed by atoms with Crippen LogP contribution in [-0.2, 0) is 5.41 Å². The van der Waals surface area contributed by atoms with Crippen LogP contribution < -0.4 is 0 Å². The van der Waals surface area contributed by atoms with Gasteiger partial charge in [0.15, 0.2) is 0 Å². The fourth-order valence-electron chi connectivity index (χ4n) is 1.57. The van der Waals surface area contributed by atoms with Crippen molar-refractivity contribution in [3.8, 4) is 0 Å². The van der Waals surface area contributed by atoms with Crippen molar-refractivity contribution < 1.29 is 0 Å². The highest BCUT2D eigenvalue weighted by Crippen LogP contribution is 2.31. The van der Waals surface area contributed by atoms with Crippen molar-refractivity contribution in [3.05, 3.63) is 46.3 Å². The van der Waals surface area contributed by atoms with E-state index in [1.807, 2.05) is 6.07 Å². The van der Waals surface area contributed by atoms with Crippen molar-refractivity contribution in [2.75, 3.05) is 0 Å². The minimum atomic E-state index is -0.0508. The molecule has 1 aromatic heterocycles. The summed E-state index contributed by atoms with van der Waals surface area (Å²) in [5.41, 5.74) is 1.21. The molecule has 19 heavy (non-hydrogen) atoms. The topological polar surface area (TPSA) is 25.8 Å². The van der Waals surface area contributed by atoms with Crippen LogP contribution in [0.3, 0.4) is 0 Å². The van der Waals surface area contributed by atoms with Gasteiger partial charge in [0, 0.05) is 16.4 Å². The highest BCUT2D eigenvalue weighted by Gasteiger charge is 2.19. The molecule has 0 amide bonds. The van der Waals surface area contributed by atoms with Crippen LogP contribution in [0.1, 0.15) is 32.2 Å². The van der Waals surface area contributed by atoms with Crippen molar-refractivity contribution in [1.29, 1.82) is 0 Å². The minimum Gasteiger partial charge on any atom is -0.226 e. The Bertz CT molecular complexity index is 591. The van der Waals surface area contributed by atoms with Crippen LogP contribution >= 0.6 is 27.7 Å². The second-order valence-electron chi connectivity index (χ2n) is 5.47. The van der Waals surface area contributed by atoms with Gasteiger partial charge in [-0.1, -0.05) is 50.7 Å². The molecule has 1 aromatic carbocycles. The highest BCUT2D eigenvalue weighted by atomic mass is 79.9. The van der Waals surface area contributed by atoms with Crippen LogP contribution in [0.5, 0.6) is 0 Å². The Hall–Kier alpha value is -0.870. The Morgan fingerprint density at radius 1 is 1.11 bits per heavy atom. The maximum atomic E-state index is 4.66. The van der Waals surface area contributed by atoms with E-state index in [1.165, 1.54) is 10.5 Å². The Kier molecular flexibility index (Phi) is 4.31. The molecule has 0 aliphatic rings. The summed E-state index contributed by atoms with van der Waals surface area (Å²) in [7, 11) is 0. The van der Waals surface area contributed by atoms with E-state index in [2.05, 4.69) is 77.9 Å². The molecule has 1 heterocycles. The molecule has 0 fully saturated rings. The van der Waals surface area contributed by atoms with Crippen LogP contribution in [0.2, 0.25) is 0 Å². The van der Waals surface area contributed by atoms with E-state index in [9.17, 15) is 0 Å². The molecule has 0 N–H and O–H groups in total. The molecule has 0 saturated heterocycles. The first kappa shape index (κ1) is 14.5. The fraction of sp³-hybridized carbons (Fsp3) is 0.333. The second kappa shape index (κ2) is 5.63. The van der Waals surface area contributed by atoms with Gasteiger partial charge in [-0.3, -0.25) is 0 Å². The molecule has 0 atom stereocenters. The molecule has 4 heteroatoms. The summed E-state index contributed by atoms with van der Waals surface area (Å²) < 4.78 is 0.837. The molecule has 2 nitrogen and oxygen atoms in total. The molecule has 0 bridgehead atoms. The lowest BCUT2D eigenvalue weighted by Gasteiger charge is -2.17. The van der Waals surface area contributed by atoms with Gasteiger partial charge in [0.25, 0.3) is 0 Å². The van der Waals surface area contributed by atoms with E-state index in [0.717, 1.165) is 15.5 Å². The van der Waals surface area contributed by atoms with Gasteiger partial charge >= 0.3 is 0 Å². The summed E-state index contributed by atoms with van der Waals surface area (Å²) in [4.78, 5) is 10.4. The molecule has 0 spiro atoms. The summed E-state index contributed by atoms with van der Waals surface area (Å²) in [6.45, 7) is 8.48. The lowest BCUT2D eigenvalue weighted by atomic mass is 9.96. The summed E-state index contributed by atoms with van der Waals surface area (Å²) in [6, 6.07) is 10.3. The molecular weight excluding hydrogens is 320 g/mol. The van der Waals surface area contributed by atoms with Gasteiger partial charge < -0.3 is 0 Å². The predicted octanol–water partition coefficient (Wildman–Crippen LogP) is 5.00. The first-order valence-electron chi connectivity index (χ1n) is 6.15. The van der Waals surface area contributed by atoms with Gasteiger partial charge in [-0.25, -0.2) is 9.97 Å². The average molecular weight is 337 g/mol.